The van der Waals surface area contributed by atoms with Crippen molar-refractivity contribution in [3.8, 4) is 17.0 Å². The lowest BCUT2D eigenvalue weighted by atomic mass is 10.1. The maximum absolute atomic E-state index is 5.27. The van der Waals surface area contributed by atoms with Gasteiger partial charge in [-0.05, 0) is 19.1 Å². The molecule has 2 rings (SSSR count). The molecule has 1 aromatic carbocycles. The van der Waals surface area contributed by atoms with Crippen LogP contribution in [-0.2, 0) is 0 Å². The van der Waals surface area contributed by atoms with Crippen molar-refractivity contribution >= 4 is 11.3 Å². The zero-order valence-electron chi connectivity index (χ0n) is 8.53. The lowest BCUT2D eigenvalue weighted by Crippen LogP contribution is -3.00. The van der Waals surface area contributed by atoms with Crippen LogP contribution in [0.5, 0.6) is 5.75 Å². The van der Waals surface area contributed by atoms with Crippen molar-refractivity contribution in [2.45, 2.75) is 6.92 Å². The minimum absolute atomic E-state index is 0. The molecule has 0 N–H and O–H groups in total. The molecule has 0 spiro atoms. The Labute approximate surface area is 104 Å². The van der Waals surface area contributed by atoms with Gasteiger partial charge >= 0.3 is 0 Å². The first-order valence-corrected chi connectivity index (χ1v) is 5.25. The predicted molar refractivity (Wildman–Crippen MR) is 58.8 cm³/mol. The van der Waals surface area contributed by atoms with E-state index in [1.54, 1.807) is 18.4 Å². The summed E-state index contributed by atoms with van der Waals surface area (Å²) in [5, 5.41) is 3.12. The number of para-hydroxylation sites is 1. The summed E-state index contributed by atoms with van der Waals surface area (Å²) >= 11 is 1.65. The van der Waals surface area contributed by atoms with Crippen molar-refractivity contribution in [2.75, 3.05) is 7.11 Å². The summed E-state index contributed by atoms with van der Waals surface area (Å²) < 4.78 is 5.27. The van der Waals surface area contributed by atoms with Crippen LogP contribution in [0, 0.1) is 6.92 Å². The van der Waals surface area contributed by atoms with Crippen molar-refractivity contribution < 1.29 is 21.7 Å². The Kier molecular flexibility index (Phi) is 4.29. The zero-order chi connectivity index (χ0) is 9.97. The number of halogens is 1. The molecule has 0 aliphatic heterocycles. The summed E-state index contributed by atoms with van der Waals surface area (Å²) in [7, 11) is 1.68. The van der Waals surface area contributed by atoms with Gasteiger partial charge in [-0.15, -0.1) is 11.3 Å². The third-order valence-electron chi connectivity index (χ3n) is 2.00. The number of rotatable bonds is 2. The Balaban J connectivity index is 0.00000112. The van der Waals surface area contributed by atoms with Gasteiger partial charge in [0.15, 0.2) is 0 Å². The first-order chi connectivity index (χ1) is 6.81. The molecule has 0 bridgehead atoms. The molecule has 0 amide bonds. The molecule has 15 heavy (non-hydrogen) atoms. The fourth-order valence-corrected chi connectivity index (χ4v) is 1.96. The number of hydrogen-bond acceptors (Lipinski definition) is 3. The number of nitrogens with zero attached hydrogens (tertiary/aromatic N) is 1. The molecule has 0 unspecified atom stereocenters. The fourth-order valence-electron chi connectivity index (χ4n) is 1.34. The second kappa shape index (κ2) is 5.28. The molecule has 0 atom stereocenters. The number of aryl methyl sites for hydroxylation is 1. The van der Waals surface area contributed by atoms with E-state index < -0.39 is 0 Å². The minimum Gasteiger partial charge on any atom is -1.00 e. The average molecular weight is 285 g/mol. The van der Waals surface area contributed by atoms with Crippen molar-refractivity contribution in [3.63, 3.8) is 0 Å². The van der Waals surface area contributed by atoms with E-state index in [0.717, 1.165) is 22.0 Å². The van der Waals surface area contributed by atoms with E-state index in [1.807, 2.05) is 36.6 Å². The van der Waals surface area contributed by atoms with Gasteiger partial charge in [-0.1, -0.05) is 12.1 Å². The van der Waals surface area contributed by atoms with Crippen molar-refractivity contribution in [3.05, 3.63) is 34.7 Å². The summed E-state index contributed by atoms with van der Waals surface area (Å²) in [5.41, 5.74) is 2.05. The van der Waals surface area contributed by atoms with Gasteiger partial charge in [-0.25, -0.2) is 4.98 Å². The smallest absolute Gasteiger partial charge is 0.128 e. The molecule has 4 heteroatoms. The summed E-state index contributed by atoms with van der Waals surface area (Å²) in [6.45, 7) is 2.00. The highest BCUT2D eigenvalue weighted by Crippen LogP contribution is 2.29. The largest absolute Gasteiger partial charge is 1.00 e. The standard InChI is InChI=1S/C11H11NOS.BrH/c1-8-12-10(7-14-8)9-5-3-4-6-11(9)13-2;/h3-7H,1-2H3;1H/p-1. The summed E-state index contributed by atoms with van der Waals surface area (Å²) in [4.78, 5) is 4.43. The van der Waals surface area contributed by atoms with Crippen LogP contribution in [0.3, 0.4) is 0 Å². The average Bonchev–Trinajstić information content (AvgIpc) is 2.65. The highest BCUT2D eigenvalue weighted by atomic mass is 79.9. The number of hydrogen-bond donors (Lipinski definition) is 0. The Bertz CT molecular complexity index is 442. The highest BCUT2D eigenvalue weighted by Gasteiger charge is 2.06. The molecule has 0 saturated heterocycles. The molecule has 2 nitrogen and oxygen atoms in total. The molecular weight excluding hydrogens is 274 g/mol. The second-order valence-electron chi connectivity index (χ2n) is 2.95. The van der Waals surface area contributed by atoms with Crippen LogP contribution in [0.25, 0.3) is 11.3 Å². The van der Waals surface area contributed by atoms with E-state index in [2.05, 4.69) is 4.98 Å². The Hall–Kier alpha value is -0.870. The van der Waals surface area contributed by atoms with Gasteiger partial charge in [0.1, 0.15) is 5.75 Å². The van der Waals surface area contributed by atoms with Crippen molar-refractivity contribution in [1.29, 1.82) is 0 Å². The van der Waals surface area contributed by atoms with Gasteiger partial charge < -0.3 is 21.7 Å². The first-order valence-electron chi connectivity index (χ1n) is 4.37. The van der Waals surface area contributed by atoms with E-state index in [0.29, 0.717) is 0 Å². The van der Waals surface area contributed by atoms with Crippen molar-refractivity contribution in [2.24, 2.45) is 0 Å². The molecule has 0 saturated carbocycles. The van der Waals surface area contributed by atoms with Crippen LogP contribution in [-0.4, -0.2) is 12.1 Å². The number of benzene rings is 1. The predicted octanol–water partition coefficient (Wildman–Crippen LogP) is 0.131. The maximum atomic E-state index is 5.27. The summed E-state index contributed by atoms with van der Waals surface area (Å²) in [6, 6.07) is 7.92. The van der Waals surface area contributed by atoms with Crippen LogP contribution in [0.15, 0.2) is 29.6 Å². The lowest BCUT2D eigenvalue weighted by Gasteiger charge is -2.04. The zero-order valence-corrected chi connectivity index (χ0v) is 10.9. The van der Waals surface area contributed by atoms with Gasteiger partial charge in [0, 0.05) is 10.9 Å². The van der Waals surface area contributed by atoms with E-state index in [1.165, 1.54) is 0 Å². The first kappa shape index (κ1) is 12.2. The Morgan fingerprint density at radius 1 is 1.27 bits per heavy atom. The van der Waals surface area contributed by atoms with Gasteiger partial charge in [0.2, 0.25) is 0 Å². The molecule has 0 aliphatic rings. The quantitative estimate of drug-likeness (QED) is 0.782. The molecule has 1 aromatic heterocycles. The van der Waals surface area contributed by atoms with Gasteiger partial charge in [0.25, 0.3) is 0 Å². The maximum Gasteiger partial charge on any atom is 0.128 e. The topological polar surface area (TPSA) is 22.1 Å². The molecule has 1 heterocycles. The Morgan fingerprint density at radius 3 is 2.60 bits per heavy atom. The molecule has 2 aromatic rings. The molecule has 0 radical (unpaired) electrons. The molecular formula is C11H11BrNOS-. The van der Waals surface area contributed by atoms with E-state index in [9.17, 15) is 0 Å². The van der Waals surface area contributed by atoms with Gasteiger partial charge in [-0.3, -0.25) is 0 Å². The van der Waals surface area contributed by atoms with Crippen LogP contribution in [0.2, 0.25) is 0 Å². The van der Waals surface area contributed by atoms with Crippen LogP contribution in [0.1, 0.15) is 5.01 Å². The normalized spacial score (nSPS) is 9.47. The van der Waals surface area contributed by atoms with Crippen LogP contribution < -0.4 is 21.7 Å². The number of methoxy groups -OCH3 is 1. The number of thiazole rings is 1. The Morgan fingerprint density at radius 2 is 2.00 bits per heavy atom. The molecule has 0 aliphatic carbocycles. The molecule has 0 fully saturated rings. The lowest BCUT2D eigenvalue weighted by molar-refractivity contribution is -0.00000318. The van der Waals surface area contributed by atoms with Crippen molar-refractivity contribution in [1.82, 2.24) is 4.98 Å². The van der Waals surface area contributed by atoms with E-state index in [-0.39, 0.29) is 17.0 Å². The monoisotopic (exact) mass is 284 g/mol. The SMILES string of the molecule is COc1ccccc1-c1csc(C)n1.[Br-]. The van der Waals surface area contributed by atoms with E-state index in [4.69, 9.17) is 4.74 Å². The van der Waals surface area contributed by atoms with Gasteiger partial charge in [0.05, 0.1) is 17.8 Å². The van der Waals surface area contributed by atoms with Gasteiger partial charge in [-0.2, -0.15) is 0 Å². The number of ether oxygens (including phenoxy) is 1. The summed E-state index contributed by atoms with van der Waals surface area (Å²) in [6.07, 6.45) is 0. The molecule has 80 valence electrons. The minimum atomic E-state index is 0. The summed E-state index contributed by atoms with van der Waals surface area (Å²) in [5.74, 6) is 0.873. The fraction of sp³-hybridized carbons (Fsp3) is 0.182. The second-order valence-corrected chi connectivity index (χ2v) is 4.01. The highest BCUT2D eigenvalue weighted by molar-refractivity contribution is 7.09. The van der Waals surface area contributed by atoms with Crippen LogP contribution >= 0.6 is 11.3 Å². The third-order valence-corrected chi connectivity index (χ3v) is 2.78. The number of aromatic nitrogens is 1. The van der Waals surface area contributed by atoms with E-state index >= 15 is 0 Å². The third kappa shape index (κ3) is 2.58. The van der Waals surface area contributed by atoms with Crippen LogP contribution in [0.4, 0.5) is 0 Å².